The van der Waals surface area contributed by atoms with E-state index in [4.69, 9.17) is 19.9 Å². The van der Waals surface area contributed by atoms with Crippen LogP contribution in [0.1, 0.15) is 23.6 Å². The third-order valence-corrected chi connectivity index (χ3v) is 3.60. The summed E-state index contributed by atoms with van der Waals surface area (Å²) in [7, 11) is 2.84. The Labute approximate surface area is 156 Å². The van der Waals surface area contributed by atoms with Crippen LogP contribution in [0.25, 0.3) is 0 Å². The number of methoxy groups -OCH3 is 2. The lowest BCUT2D eigenvalue weighted by atomic mass is 10.0. The van der Waals surface area contributed by atoms with E-state index in [1.54, 1.807) is 0 Å². The Morgan fingerprint density at radius 2 is 1.54 bits per heavy atom. The maximum atomic E-state index is 12.7. The molecule has 26 heavy (non-hydrogen) atoms. The van der Waals surface area contributed by atoms with Gasteiger partial charge in [-0.05, 0) is 11.6 Å². The lowest BCUT2D eigenvalue weighted by molar-refractivity contribution is -0.138. The van der Waals surface area contributed by atoms with Gasteiger partial charge in [0.25, 0.3) is 0 Å². The van der Waals surface area contributed by atoms with Crippen molar-refractivity contribution in [3.05, 3.63) is 53.6 Å². The number of alkyl halides is 3. The van der Waals surface area contributed by atoms with Crippen molar-refractivity contribution >= 4 is 12.4 Å². The molecule has 0 spiro atoms. The van der Waals surface area contributed by atoms with E-state index in [9.17, 15) is 13.2 Å². The minimum absolute atomic E-state index is 0. The van der Waals surface area contributed by atoms with Crippen LogP contribution in [0.15, 0.2) is 42.5 Å². The van der Waals surface area contributed by atoms with Gasteiger partial charge in [-0.25, -0.2) is 0 Å². The van der Waals surface area contributed by atoms with Gasteiger partial charge in [-0.15, -0.1) is 12.4 Å². The molecule has 0 bridgehead atoms. The second-order valence-electron chi connectivity index (χ2n) is 5.45. The van der Waals surface area contributed by atoms with Crippen LogP contribution in [-0.4, -0.2) is 20.4 Å². The van der Waals surface area contributed by atoms with Crippen molar-refractivity contribution in [3.63, 3.8) is 0 Å². The molecule has 2 aromatic rings. The predicted octanol–water partition coefficient (Wildman–Crippen LogP) is 4.66. The quantitative estimate of drug-likeness (QED) is 0.746. The fourth-order valence-electron chi connectivity index (χ4n) is 2.39. The van der Waals surface area contributed by atoms with E-state index in [1.165, 1.54) is 26.4 Å². The van der Waals surface area contributed by atoms with E-state index in [0.717, 1.165) is 5.56 Å². The van der Waals surface area contributed by atoms with Crippen molar-refractivity contribution in [1.82, 2.24) is 0 Å². The van der Waals surface area contributed by atoms with Crippen molar-refractivity contribution in [2.75, 3.05) is 14.2 Å². The Kier molecular flexibility index (Phi) is 8.05. The Morgan fingerprint density at radius 3 is 2.08 bits per heavy atom. The maximum Gasteiger partial charge on any atom is 0.390 e. The highest BCUT2D eigenvalue weighted by atomic mass is 35.5. The normalized spacial score (nSPS) is 12.1. The summed E-state index contributed by atoms with van der Waals surface area (Å²) in [5.74, 6) is 0.883. The minimum atomic E-state index is -4.39. The van der Waals surface area contributed by atoms with Crippen LogP contribution in [0.3, 0.4) is 0 Å². The first-order valence-corrected chi connectivity index (χ1v) is 7.59. The van der Waals surface area contributed by atoms with Gasteiger partial charge in [-0.3, -0.25) is 0 Å². The molecule has 0 aliphatic carbocycles. The van der Waals surface area contributed by atoms with Crippen molar-refractivity contribution in [1.29, 1.82) is 0 Å². The average molecular weight is 392 g/mol. The lowest BCUT2D eigenvalue weighted by Gasteiger charge is -2.20. The average Bonchev–Trinajstić information content (AvgIpc) is 2.58. The molecule has 0 saturated heterocycles. The monoisotopic (exact) mass is 391 g/mol. The standard InChI is InChI=1S/C18H20F3NO3.ClH/c1-23-16-8-13(14(22)10-18(19,20)21)15(9-17(16)24-2)25-11-12-6-4-3-5-7-12;/h3-9,14H,10-11,22H2,1-2H3;1H/t14-;/m0./s1. The SMILES string of the molecule is COc1cc(OCc2ccccc2)c([C@@H](N)CC(F)(F)F)cc1OC.Cl. The summed E-state index contributed by atoms with van der Waals surface area (Å²) < 4.78 is 54.2. The summed E-state index contributed by atoms with van der Waals surface area (Å²) in [6, 6.07) is 10.9. The highest BCUT2D eigenvalue weighted by Crippen LogP contribution is 2.40. The van der Waals surface area contributed by atoms with E-state index in [-0.39, 0.29) is 30.3 Å². The van der Waals surface area contributed by atoms with Crippen LogP contribution in [0, 0.1) is 0 Å². The zero-order valence-corrected chi connectivity index (χ0v) is 15.2. The molecule has 0 amide bonds. The molecule has 8 heteroatoms. The van der Waals surface area contributed by atoms with Crippen molar-refractivity contribution in [2.24, 2.45) is 5.73 Å². The van der Waals surface area contributed by atoms with Crippen LogP contribution in [0.4, 0.5) is 13.2 Å². The van der Waals surface area contributed by atoms with Crippen molar-refractivity contribution < 1.29 is 27.4 Å². The summed E-state index contributed by atoms with van der Waals surface area (Å²) in [6.07, 6.45) is -5.55. The fourth-order valence-corrected chi connectivity index (χ4v) is 2.39. The first-order valence-electron chi connectivity index (χ1n) is 7.59. The minimum Gasteiger partial charge on any atom is -0.493 e. The zero-order chi connectivity index (χ0) is 18.4. The molecular formula is C18H21ClF3NO3. The number of benzene rings is 2. The summed E-state index contributed by atoms with van der Waals surface area (Å²) in [4.78, 5) is 0. The van der Waals surface area contributed by atoms with Crippen LogP contribution in [-0.2, 0) is 6.61 Å². The molecule has 0 unspecified atom stereocenters. The molecular weight excluding hydrogens is 371 g/mol. The molecule has 2 rings (SSSR count). The van der Waals surface area contributed by atoms with Gasteiger partial charge in [-0.2, -0.15) is 13.2 Å². The van der Waals surface area contributed by atoms with E-state index in [2.05, 4.69) is 0 Å². The van der Waals surface area contributed by atoms with Gasteiger partial charge in [0.1, 0.15) is 12.4 Å². The summed E-state index contributed by atoms with van der Waals surface area (Å²) in [5.41, 5.74) is 6.87. The summed E-state index contributed by atoms with van der Waals surface area (Å²) in [5, 5.41) is 0. The third-order valence-electron chi connectivity index (χ3n) is 3.60. The van der Waals surface area contributed by atoms with E-state index < -0.39 is 18.6 Å². The molecule has 0 fully saturated rings. The first-order chi connectivity index (χ1) is 11.8. The summed E-state index contributed by atoms with van der Waals surface area (Å²) in [6.45, 7) is 0.196. The van der Waals surface area contributed by atoms with Crippen LogP contribution >= 0.6 is 12.4 Å². The van der Waals surface area contributed by atoms with Crippen LogP contribution < -0.4 is 19.9 Å². The lowest BCUT2D eigenvalue weighted by Crippen LogP contribution is -2.21. The molecule has 144 valence electrons. The summed E-state index contributed by atoms with van der Waals surface area (Å²) >= 11 is 0. The first kappa shape index (κ1) is 21.9. The van der Waals surface area contributed by atoms with Gasteiger partial charge < -0.3 is 19.9 Å². The van der Waals surface area contributed by atoms with Gasteiger partial charge >= 0.3 is 6.18 Å². The Hall–Kier alpha value is -2.12. The van der Waals surface area contributed by atoms with Crippen molar-refractivity contribution in [3.8, 4) is 17.2 Å². The molecule has 0 radical (unpaired) electrons. The van der Waals surface area contributed by atoms with Gasteiger partial charge in [0, 0.05) is 17.7 Å². The van der Waals surface area contributed by atoms with Gasteiger partial charge in [0.2, 0.25) is 0 Å². The van der Waals surface area contributed by atoms with Gasteiger partial charge in [0.05, 0.1) is 20.6 Å². The molecule has 2 aromatic carbocycles. The van der Waals surface area contributed by atoms with E-state index in [1.807, 2.05) is 30.3 Å². The molecule has 0 aliphatic heterocycles. The molecule has 0 saturated carbocycles. The number of rotatable bonds is 7. The molecule has 0 heterocycles. The number of hydrogen-bond donors (Lipinski definition) is 1. The Balaban J connectivity index is 0.00000338. The van der Waals surface area contributed by atoms with Gasteiger partial charge in [-0.1, -0.05) is 30.3 Å². The number of hydrogen-bond acceptors (Lipinski definition) is 4. The Bertz CT molecular complexity index is 696. The molecule has 0 aromatic heterocycles. The number of halogens is 4. The van der Waals surface area contributed by atoms with E-state index >= 15 is 0 Å². The van der Waals surface area contributed by atoms with Gasteiger partial charge in [0.15, 0.2) is 11.5 Å². The largest absolute Gasteiger partial charge is 0.493 e. The maximum absolute atomic E-state index is 12.7. The molecule has 2 N–H and O–H groups in total. The fraction of sp³-hybridized carbons (Fsp3) is 0.333. The smallest absolute Gasteiger partial charge is 0.390 e. The molecule has 4 nitrogen and oxygen atoms in total. The number of ether oxygens (including phenoxy) is 3. The van der Waals surface area contributed by atoms with E-state index in [0.29, 0.717) is 11.5 Å². The molecule has 0 aliphatic rings. The topological polar surface area (TPSA) is 53.7 Å². The van der Waals surface area contributed by atoms with Crippen LogP contribution in [0.5, 0.6) is 17.2 Å². The second kappa shape index (κ2) is 9.54. The highest BCUT2D eigenvalue weighted by molar-refractivity contribution is 5.85. The number of nitrogens with two attached hydrogens (primary N) is 1. The molecule has 1 atom stereocenters. The highest BCUT2D eigenvalue weighted by Gasteiger charge is 2.32. The Morgan fingerprint density at radius 1 is 0.962 bits per heavy atom. The third kappa shape index (κ3) is 6.00. The van der Waals surface area contributed by atoms with Crippen molar-refractivity contribution in [2.45, 2.75) is 25.2 Å². The van der Waals surface area contributed by atoms with Crippen LogP contribution in [0.2, 0.25) is 0 Å². The zero-order valence-electron chi connectivity index (χ0n) is 14.4. The predicted molar refractivity (Wildman–Crippen MR) is 95.2 cm³/mol. The second-order valence-corrected chi connectivity index (χ2v) is 5.45.